The van der Waals surface area contributed by atoms with Gasteiger partial charge in [0.05, 0.1) is 23.2 Å². The molecule has 2 rings (SSSR count). The van der Waals surface area contributed by atoms with Crippen LogP contribution in [0.2, 0.25) is 0 Å². The molecule has 0 atom stereocenters. The Balaban J connectivity index is 2.11. The van der Waals surface area contributed by atoms with E-state index in [1.807, 2.05) is 0 Å². The lowest BCUT2D eigenvalue weighted by molar-refractivity contribution is -0.386. The smallest absolute Gasteiger partial charge is 0.313 e. The highest BCUT2D eigenvalue weighted by atomic mass is 19.1. The van der Waals surface area contributed by atoms with Gasteiger partial charge in [-0.25, -0.2) is 4.39 Å². The number of hydrogen-bond acceptors (Lipinski definition) is 4. The molecule has 18 heavy (non-hydrogen) atoms. The largest absolute Gasteiger partial charge is 0.483 e. The first-order valence-corrected chi connectivity index (χ1v) is 5.85. The number of aliphatic hydroxyl groups is 1. The van der Waals surface area contributed by atoms with Crippen molar-refractivity contribution in [1.82, 2.24) is 0 Å². The highest BCUT2D eigenvalue weighted by Crippen LogP contribution is 2.31. The third-order valence-corrected chi connectivity index (χ3v) is 3.06. The van der Waals surface area contributed by atoms with Crippen LogP contribution in [0, 0.1) is 15.9 Å². The van der Waals surface area contributed by atoms with Crippen LogP contribution in [0.15, 0.2) is 18.2 Å². The Morgan fingerprint density at radius 3 is 2.61 bits per heavy atom. The molecule has 1 aliphatic rings. The Kier molecular flexibility index (Phi) is 3.76. The highest BCUT2D eigenvalue weighted by Gasteiger charge is 2.24. The van der Waals surface area contributed by atoms with Gasteiger partial charge in [0, 0.05) is 0 Å². The van der Waals surface area contributed by atoms with Gasteiger partial charge in [0.1, 0.15) is 5.82 Å². The fourth-order valence-electron chi connectivity index (χ4n) is 2.08. The second kappa shape index (κ2) is 5.30. The number of halogens is 1. The topological polar surface area (TPSA) is 72.6 Å². The van der Waals surface area contributed by atoms with Crippen molar-refractivity contribution >= 4 is 5.69 Å². The van der Waals surface area contributed by atoms with Crippen LogP contribution in [0.1, 0.15) is 25.7 Å². The Morgan fingerprint density at radius 1 is 1.33 bits per heavy atom. The summed E-state index contributed by atoms with van der Waals surface area (Å²) >= 11 is 0. The molecule has 0 saturated heterocycles. The summed E-state index contributed by atoms with van der Waals surface area (Å²) in [4.78, 5) is 10.1. The molecule has 0 unspecified atom stereocenters. The third-order valence-electron chi connectivity index (χ3n) is 3.06. The lowest BCUT2D eigenvalue weighted by Crippen LogP contribution is -2.26. The first-order chi connectivity index (χ1) is 8.56. The van der Waals surface area contributed by atoms with Gasteiger partial charge in [-0.1, -0.05) is 0 Å². The summed E-state index contributed by atoms with van der Waals surface area (Å²) in [7, 11) is 0. The molecule has 1 aliphatic carbocycles. The van der Waals surface area contributed by atoms with E-state index in [1.54, 1.807) is 0 Å². The monoisotopic (exact) mass is 255 g/mol. The summed E-state index contributed by atoms with van der Waals surface area (Å²) in [5.74, 6) is -0.573. The molecule has 0 heterocycles. The van der Waals surface area contributed by atoms with E-state index in [1.165, 1.54) is 6.07 Å². The number of nitro benzene ring substituents is 1. The van der Waals surface area contributed by atoms with Crippen molar-refractivity contribution < 1.29 is 19.2 Å². The molecule has 0 aliphatic heterocycles. The van der Waals surface area contributed by atoms with E-state index in [0.717, 1.165) is 12.1 Å². The first-order valence-electron chi connectivity index (χ1n) is 5.85. The normalized spacial score (nSPS) is 23.7. The summed E-state index contributed by atoms with van der Waals surface area (Å²) in [6.07, 6.45) is 2.08. The molecule has 1 aromatic rings. The van der Waals surface area contributed by atoms with Gasteiger partial charge in [-0.05, 0) is 37.8 Å². The molecule has 1 aromatic carbocycles. The Bertz CT molecular complexity index is 444. The van der Waals surface area contributed by atoms with Crippen molar-refractivity contribution in [3.8, 4) is 5.75 Å². The molecule has 0 aromatic heterocycles. The summed E-state index contributed by atoms with van der Waals surface area (Å²) in [6, 6.07) is 3.27. The minimum atomic E-state index is -0.659. The van der Waals surface area contributed by atoms with Crippen LogP contribution in [-0.4, -0.2) is 22.2 Å². The average molecular weight is 255 g/mol. The maximum atomic E-state index is 12.9. The molecule has 5 nitrogen and oxygen atoms in total. The van der Waals surface area contributed by atoms with E-state index in [0.29, 0.717) is 25.7 Å². The molecule has 1 fully saturated rings. The summed E-state index contributed by atoms with van der Waals surface area (Å²) in [5.41, 5.74) is -0.360. The fraction of sp³-hybridized carbons (Fsp3) is 0.500. The standard InChI is InChI=1S/C12H14FNO4/c13-8-1-6-12(11(7-8)14(16)17)18-10-4-2-9(15)3-5-10/h1,6-7,9-10,15H,2-5H2. The van der Waals surface area contributed by atoms with Crippen LogP contribution in [0.25, 0.3) is 0 Å². The number of nitro groups is 1. The number of rotatable bonds is 3. The zero-order valence-corrected chi connectivity index (χ0v) is 9.71. The first kappa shape index (κ1) is 12.8. The lowest BCUT2D eigenvalue weighted by atomic mass is 9.95. The molecule has 1 N–H and O–H groups in total. The van der Waals surface area contributed by atoms with Crippen LogP contribution in [0.3, 0.4) is 0 Å². The van der Waals surface area contributed by atoms with Crippen LogP contribution >= 0.6 is 0 Å². The zero-order chi connectivity index (χ0) is 13.1. The van der Waals surface area contributed by atoms with Crippen molar-refractivity contribution in [3.05, 3.63) is 34.1 Å². The van der Waals surface area contributed by atoms with E-state index in [2.05, 4.69) is 0 Å². The summed E-state index contributed by atoms with van der Waals surface area (Å²) < 4.78 is 18.5. The van der Waals surface area contributed by atoms with Gasteiger partial charge in [0.15, 0.2) is 5.75 Å². The number of aliphatic hydroxyl groups excluding tert-OH is 1. The molecule has 0 spiro atoms. The fourth-order valence-corrected chi connectivity index (χ4v) is 2.08. The van der Waals surface area contributed by atoms with E-state index in [9.17, 15) is 19.6 Å². The molecule has 0 radical (unpaired) electrons. The minimum Gasteiger partial charge on any atom is -0.483 e. The van der Waals surface area contributed by atoms with Gasteiger partial charge in [0.25, 0.3) is 0 Å². The number of ether oxygens (including phenoxy) is 1. The number of benzene rings is 1. The minimum absolute atomic E-state index is 0.0859. The SMILES string of the molecule is O=[N+]([O-])c1cc(F)ccc1OC1CCC(O)CC1. The third kappa shape index (κ3) is 2.95. The van der Waals surface area contributed by atoms with Crippen molar-refractivity contribution in [3.63, 3.8) is 0 Å². The number of nitrogens with zero attached hydrogens (tertiary/aromatic N) is 1. The second-order valence-corrected chi connectivity index (χ2v) is 4.42. The molecule has 1 saturated carbocycles. The Hall–Kier alpha value is -1.69. The van der Waals surface area contributed by atoms with Crippen LogP contribution in [0.5, 0.6) is 5.75 Å². The van der Waals surface area contributed by atoms with Gasteiger partial charge < -0.3 is 9.84 Å². The second-order valence-electron chi connectivity index (χ2n) is 4.42. The van der Waals surface area contributed by atoms with Gasteiger partial charge in [-0.3, -0.25) is 10.1 Å². The van der Waals surface area contributed by atoms with Crippen LogP contribution in [-0.2, 0) is 0 Å². The van der Waals surface area contributed by atoms with Gasteiger partial charge in [-0.15, -0.1) is 0 Å². The maximum Gasteiger partial charge on any atom is 0.313 e. The number of hydrogen-bond donors (Lipinski definition) is 1. The summed E-state index contributed by atoms with van der Waals surface area (Å²) in [6.45, 7) is 0. The van der Waals surface area contributed by atoms with E-state index < -0.39 is 10.7 Å². The zero-order valence-electron chi connectivity index (χ0n) is 9.71. The van der Waals surface area contributed by atoms with Crippen molar-refractivity contribution in [2.24, 2.45) is 0 Å². The molecule has 98 valence electrons. The molecular weight excluding hydrogens is 241 g/mol. The predicted octanol–water partition coefficient (Wildman–Crippen LogP) is 2.42. The van der Waals surface area contributed by atoms with Gasteiger partial charge in [-0.2, -0.15) is 0 Å². The molecular formula is C12H14FNO4. The van der Waals surface area contributed by atoms with Gasteiger partial charge in [0.2, 0.25) is 0 Å². The Labute approximate surface area is 103 Å². The van der Waals surface area contributed by atoms with Crippen molar-refractivity contribution in [1.29, 1.82) is 0 Å². The van der Waals surface area contributed by atoms with E-state index in [-0.39, 0.29) is 23.6 Å². The van der Waals surface area contributed by atoms with Crippen molar-refractivity contribution in [2.75, 3.05) is 0 Å². The maximum absolute atomic E-state index is 12.9. The van der Waals surface area contributed by atoms with Gasteiger partial charge >= 0.3 is 5.69 Å². The van der Waals surface area contributed by atoms with Crippen molar-refractivity contribution in [2.45, 2.75) is 37.9 Å². The predicted molar refractivity (Wildman–Crippen MR) is 61.9 cm³/mol. The van der Waals surface area contributed by atoms with E-state index >= 15 is 0 Å². The molecule has 0 amide bonds. The lowest BCUT2D eigenvalue weighted by Gasteiger charge is -2.25. The molecule has 0 bridgehead atoms. The highest BCUT2D eigenvalue weighted by molar-refractivity contribution is 5.46. The quantitative estimate of drug-likeness (QED) is 0.665. The van der Waals surface area contributed by atoms with E-state index in [4.69, 9.17) is 4.74 Å². The average Bonchev–Trinajstić information content (AvgIpc) is 2.34. The Morgan fingerprint density at radius 2 is 2.00 bits per heavy atom. The molecule has 6 heteroatoms. The van der Waals surface area contributed by atoms with Crippen LogP contribution in [0.4, 0.5) is 10.1 Å². The van der Waals surface area contributed by atoms with Crippen LogP contribution < -0.4 is 4.74 Å². The summed E-state index contributed by atoms with van der Waals surface area (Å²) in [5, 5.41) is 20.1.